The molecule has 0 aliphatic carbocycles. The van der Waals surface area contributed by atoms with Crippen molar-refractivity contribution in [2.75, 3.05) is 0 Å². The van der Waals surface area contributed by atoms with E-state index in [-0.39, 0.29) is 5.78 Å². The molecule has 0 fully saturated rings. The van der Waals surface area contributed by atoms with Crippen LogP contribution in [0.3, 0.4) is 0 Å². The van der Waals surface area contributed by atoms with E-state index in [4.69, 9.17) is 0 Å². The van der Waals surface area contributed by atoms with Crippen molar-refractivity contribution >= 4 is 18.4 Å². The maximum atomic E-state index is 11.4. The highest BCUT2D eigenvalue weighted by Crippen LogP contribution is 2.17. The molecule has 1 aromatic heterocycles. The van der Waals surface area contributed by atoms with E-state index >= 15 is 0 Å². The Hall–Kier alpha value is -0.840. The zero-order valence-electron chi connectivity index (χ0n) is 6.53. The van der Waals surface area contributed by atoms with Crippen molar-refractivity contribution in [1.29, 1.82) is 0 Å². The van der Waals surface area contributed by atoms with Crippen molar-refractivity contribution in [3.05, 3.63) is 11.4 Å². The van der Waals surface area contributed by atoms with Crippen molar-refractivity contribution < 1.29 is 4.79 Å². The molecule has 0 N–H and O–H groups in total. The van der Waals surface area contributed by atoms with Crippen molar-refractivity contribution in [1.82, 2.24) is 15.0 Å². The quantitative estimate of drug-likeness (QED) is 0.651. The first-order valence-corrected chi connectivity index (χ1v) is 4.52. The lowest BCUT2D eigenvalue weighted by Gasteiger charge is -2.11. The van der Waals surface area contributed by atoms with E-state index in [2.05, 4.69) is 22.9 Å². The minimum Gasteiger partial charge on any atom is -0.292 e. The van der Waals surface area contributed by atoms with Crippen LogP contribution in [0.1, 0.15) is 29.0 Å². The second-order valence-electron chi connectivity index (χ2n) is 2.79. The number of Topliss-reactive ketones (excluding diaryl/α,β-unsaturated/α-hetero) is 1. The van der Waals surface area contributed by atoms with Gasteiger partial charge in [0.05, 0.1) is 0 Å². The number of ketones is 1. The van der Waals surface area contributed by atoms with E-state index in [9.17, 15) is 4.79 Å². The van der Waals surface area contributed by atoms with Crippen LogP contribution in [0.5, 0.6) is 0 Å². The summed E-state index contributed by atoms with van der Waals surface area (Å²) in [6.45, 7) is 0.807. The molecule has 1 aliphatic rings. The lowest BCUT2D eigenvalue weighted by atomic mass is 10.1. The number of rotatable bonds is 1. The van der Waals surface area contributed by atoms with Crippen molar-refractivity contribution in [3.63, 3.8) is 0 Å². The molecule has 64 valence electrons. The van der Waals surface area contributed by atoms with Gasteiger partial charge in [-0.1, -0.05) is 5.21 Å². The molecule has 0 spiro atoms. The second kappa shape index (κ2) is 2.90. The van der Waals surface area contributed by atoms with Crippen LogP contribution in [0.15, 0.2) is 0 Å². The van der Waals surface area contributed by atoms with E-state index < -0.39 is 0 Å². The van der Waals surface area contributed by atoms with E-state index in [0.29, 0.717) is 23.6 Å². The molecule has 5 heteroatoms. The van der Waals surface area contributed by atoms with Gasteiger partial charge < -0.3 is 0 Å². The predicted molar refractivity (Wildman–Crippen MR) is 46.3 cm³/mol. The predicted octanol–water partition coefficient (Wildman–Crippen LogP) is 0.684. The number of aryl methyl sites for hydroxylation is 1. The molecule has 0 unspecified atom stereocenters. The molecule has 1 aromatic rings. The van der Waals surface area contributed by atoms with E-state index in [1.807, 2.05) is 0 Å². The van der Waals surface area contributed by atoms with Gasteiger partial charge in [0.25, 0.3) is 0 Å². The Bertz CT molecular complexity index is 307. The van der Waals surface area contributed by atoms with Gasteiger partial charge in [-0.2, -0.15) is 12.6 Å². The number of aromatic nitrogens is 3. The van der Waals surface area contributed by atoms with Gasteiger partial charge >= 0.3 is 0 Å². The summed E-state index contributed by atoms with van der Waals surface area (Å²) in [5.74, 6) is 0.636. The third-order valence-electron chi connectivity index (χ3n) is 1.99. The lowest BCUT2D eigenvalue weighted by Crippen LogP contribution is -2.18. The molecule has 2 rings (SSSR count). The Kier molecular flexibility index (Phi) is 1.88. The highest BCUT2D eigenvalue weighted by molar-refractivity contribution is 7.79. The normalized spacial score (nSPS) is 16.2. The summed E-state index contributed by atoms with van der Waals surface area (Å²) in [4.78, 5) is 11.4. The fourth-order valence-corrected chi connectivity index (χ4v) is 1.64. The average Bonchev–Trinajstić information content (AvgIpc) is 2.49. The first-order valence-electron chi connectivity index (χ1n) is 3.89. The Morgan fingerprint density at radius 2 is 2.42 bits per heavy atom. The molecule has 0 saturated heterocycles. The molecule has 1 aliphatic heterocycles. The van der Waals surface area contributed by atoms with Gasteiger partial charge in [0.2, 0.25) is 0 Å². The highest BCUT2D eigenvalue weighted by Gasteiger charge is 2.22. The SMILES string of the molecule is O=C1CCCn2nnc(CS)c21. The largest absolute Gasteiger partial charge is 0.292 e. The Morgan fingerprint density at radius 3 is 3.17 bits per heavy atom. The topological polar surface area (TPSA) is 47.8 Å². The summed E-state index contributed by atoms with van der Waals surface area (Å²) >= 11 is 4.08. The second-order valence-corrected chi connectivity index (χ2v) is 3.11. The molecule has 0 saturated carbocycles. The lowest BCUT2D eigenvalue weighted by molar-refractivity contribution is 0.0951. The fraction of sp³-hybridized carbons (Fsp3) is 0.571. The number of carbonyl (C=O) groups excluding carboxylic acids is 1. The highest BCUT2D eigenvalue weighted by atomic mass is 32.1. The smallest absolute Gasteiger partial charge is 0.182 e. The first-order chi connectivity index (χ1) is 5.83. The first kappa shape index (κ1) is 7.79. The van der Waals surface area contributed by atoms with E-state index in [1.54, 1.807) is 4.68 Å². The summed E-state index contributed by atoms with van der Waals surface area (Å²) in [6.07, 6.45) is 1.50. The van der Waals surface area contributed by atoms with Crippen LogP contribution in [0, 0.1) is 0 Å². The number of nitrogens with zero attached hydrogens (tertiary/aromatic N) is 3. The summed E-state index contributed by atoms with van der Waals surface area (Å²) in [7, 11) is 0. The van der Waals surface area contributed by atoms with Crippen LogP contribution in [-0.2, 0) is 12.3 Å². The molecular formula is C7H9N3OS. The summed E-state index contributed by atoms with van der Waals surface area (Å²) in [5.41, 5.74) is 1.37. The molecule has 0 atom stereocenters. The van der Waals surface area contributed by atoms with Crippen LogP contribution in [0.4, 0.5) is 0 Å². The van der Waals surface area contributed by atoms with Crippen molar-refractivity contribution in [2.45, 2.75) is 25.1 Å². The zero-order valence-corrected chi connectivity index (χ0v) is 7.42. The zero-order chi connectivity index (χ0) is 8.55. The molecule has 2 heterocycles. The Labute approximate surface area is 75.4 Å². The van der Waals surface area contributed by atoms with Crippen LogP contribution < -0.4 is 0 Å². The minimum atomic E-state index is 0.148. The van der Waals surface area contributed by atoms with Gasteiger partial charge in [0, 0.05) is 18.7 Å². The third kappa shape index (κ3) is 1.04. The van der Waals surface area contributed by atoms with Gasteiger partial charge in [0.15, 0.2) is 5.78 Å². The van der Waals surface area contributed by atoms with E-state index in [0.717, 1.165) is 13.0 Å². The Balaban J connectivity index is 2.50. The Morgan fingerprint density at radius 1 is 1.58 bits per heavy atom. The van der Waals surface area contributed by atoms with E-state index in [1.165, 1.54) is 0 Å². The number of hydrogen-bond donors (Lipinski definition) is 1. The molecule has 0 radical (unpaired) electrons. The average molecular weight is 183 g/mol. The van der Waals surface area contributed by atoms with Gasteiger partial charge in [0.1, 0.15) is 11.4 Å². The molecule has 4 nitrogen and oxygen atoms in total. The number of thiol groups is 1. The number of carbonyl (C=O) groups is 1. The van der Waals surface area contributed by atoms with Gasteiger partial charge in [-0.15, -0.1) is 5.10 Å². The van der Waals surface area contributed by atoms with Crippen LogP contribution in [-0.4, -0.2) is 20.8 Å². The third-order valence-corrected chi connectivity index (χ3v) is 2.29. The molecular weight excluding hydrogens is 174 g/mol. The number of hydrogen-bond acceptors (Lipinski definition) is 4. The maximum Gasteiger partial charge on any atom is 0.182 e. The van der Waals surface area contributed by atoms with Crippen LogP contribution in [0.25, 0.3) is 0 Å². The molecule has 0 aromatic carbocycles. The van der Waals surface area contributed by atoms with Crippen molar-refractivity contribution in [3.8, 4) is 0 Å². The standard InChI is InChI=1S/C7H9N3OS/c11-6-2-1-3-10-7(6)5(4-12)8-9-10/h12H,1-4H2. The van der Waals surface area contributed by atoms with Crippen LogP contribution >= 0.6 is 12.6 Å². The molecule has 12 heavy (non-hydrogen) atoms. The number of fused-ring (bicyclic) bond motifs is 1. The fourth-order valence-electron chi connectivity index (χ4n) is 1.42. The van der Waals surface area contributed by atoms with Crippen LogP contribution in [0.2, 0.25) is 0 Å². The summed E-state index contributed by atoms with van der Waals surface area (Å²) in [5, 5.41) is 7.76. The maximum absolute atomic E-state index is 11.4. The van der Waals surface area contributed by atoms with Gasteiger partial charge in [-0.05, 0) is 6.42 Å². The monoisotopic (exact) mass is 183 g/mol. The van der Waals surface area contributed by atoms with Gasteiger partial charge in [-0.3, -0.25) is 4.79 Å². The van der Waals surface area contributed by atoms with Crippen molar-refractivity contribution in [2.24, 2.45) is 0 Å². The summed E-state index contributed by atoms with van der Waals surface area (Å²) < 4.78 is 1.68. The molecule has 0 bridgehead atoms. The molecule has 0 amide bonds. The summed E-state index contributed by atoms with van der Waals surface area (Å²) in [6, 6.07) is 0. The van der Waals surface area contributed by atoms with Gasteiger partial charge in [-0.25, -0.2) is 4.68 Å². The minimum absolute atomic E-state index is 0.148.